The zero-order valence-electron chi connectivity index (χ0n) is 8.68. The fraction of sp³-hybridized carbons (Fsp3) is 0.889. The molecule has 0 atom stereocenters. The maximum absolute atomic E-state index is 5.47. The average Bonchev–Trinajstić information content (AvgIpc) is 2.10. The summed E-state index contributed by atoms with van der Waals surface area (Å²) in [5.74, 6) is 0.823. The summed E-state index contributed by atoms with van der Waals surface area (Å²) in [7, 11) is 5.40. The minimum absolute atomic E-state index is 0.0623. The Morgan fingerprint density at radius 1 is 1.54 bits per heavy atom. The van der Waals surface area contributed by atoms with Crippen LogP contribution in [0.25, 0.3) is 0 Å². The van der Waals surface area contributed by atoms with Gasteiger partial charge in [-0.15, -0.1) is 0 Å². The van der Waals surface area contributed by atoms with E-state index in [1.165, 1.54) is 6.42 Å². The summed E-state index contributed by atoms with van der Waals surface area (Å²) in [5.41, 5.74) is 0.0623. The molecule has 0 saturated heterocycles. The van der Waals surface area contributed by atoms with Crippen molar-refractivity contribution in [3.05, 3.63) is 0 Å². The monoisotopic (exact) mass is 185 g/mol. The van der Waals surface area contributed by atoms with Gasteiger partial charge in [0.15, 0.2) is 5.96 Å². The van der Waals surface area contributed by atoms with Crippen LogP contribution in [0.3, 0.4) is 0 Å². The predicted molar refractivity (Wildman–Crippen MR) is 54.0 cm³/mol. The number of ether oxygens (including phenoxy) is 1. The highest BCUT2D eigenvalue weighted by Crippen LogP contribution is 2.34. The van der Waals surface area contributed by atoms with Crippen LogP contribution in [0.1, 0.15) is 19.3 Å². The molecule has 4 heteroatoms. The number of nitrogens with one attached hydrogen (secondary N) is 2. The lowest BCUT2D eigenvalue weighted by Crippen LogP contribution is -2.51. The van der Waals surface area contributed by atoms with Crippen LogP contribution in [-0.4, -0.2) is 39.3 Å². The van der Waals surface area contributed by atoms with Crippen molar-refractivity contribution in [2.24, 2.45) is 4.99 Å². The maximum Gasteiger partial charge on any atom is 0.190 e. The third-order valence-electron chi connectivity index (χ3n) is 2.74. The Balaban J connectivity index is 2.31. The smallest absolute Gasteiger partial charge is 0.190 e. The lowest BCUT2D eigenvalue weighted by Gasteiger charge is -2.40. The Labute approximate surface area is 79.8 Å². The number of hydrogen-bond acceptors (Lipinski definition) is 2. The van der Waals surface area contributed by atoms with Crippen LogP contribution in [0.5, 0.6) is 0 Å². The first-order valence-electron chi connectivity index (χ1n) is 4.70. The molecule has 0 radical (unpaired) electrons. The first-order valence-corrected chi connectivity index (χ1v) is 4.70. The van der Waals surface area contributed by atoms with Crippen LogP contribution < -0.4 is 10.6 Å². The highest BCUT2D eigenvalue weighted by atomic mass is 16.5. The normalized spacial score (nSPS) is 20.7. The van der Waals surface area contributed by atoms with Crippen LogP contribution in [-0.2, 0) is 4.74 Å². The third-order valence-corrected chi connectivity index (χ3v) is 2.74. The van der Waals surface area contributed by atoms with Gasteiger partial charge in [0, 0.05) is 27.7 Å². The van der Waals surface area contributed by atoms with Crippen LogP contribution in [0, 0.1) is 0 Å². The standard InChI is InChI=1S/C9H19N3O/c1-10-8(11-2)12-7-9(13-3)5-4-6-9/h4-7H2,1-3H3,(H2,10,11,12). The van der Waals surface area contributed by atoms with E-state index in [9.17, 15) is 0 Å². The van der Waals surface area contributed by atoms with E-state index in [-0.39, 0.29) is 5.60 Å². The molecule has 0 amide bonds. The Hall–Kier alpha value is -0.770. The molecule has 1 aliphatic rings. The van der Waals surface area contributed by atoms with Crippen LogP contribution in [0.15, 0.2) is 4.99 Å². The average molecular weight is 185 g/mol. The first kappa shape index (κ1) is 10.3. The van der Waals surface area contributed by atoms with Gasteiger partial charge in [-0.3, -0.25) is 4.99 Å². The second kappa shape index (κ2) is 4.46. The molecule has 2 N–H and O–H groups in total. The van der Waals surface area contributed by atoms with E-state index < -0.39 is 0 Å². The van der Waals surface area contributed by atoms with E-state index >= 15 is 0 Å². The summed E-state index contributed by atoms with van der Waals surface area (Å²) in [6.07, 6.45) is 3.57. The van der Waals surface area contributed by atoms with Crippen molar-refractivity contribution in [1.82, 2.24) is 10.6 Å². The highest BCUT2D eigenvalue weighted by Gasteiger charge is 2.36. The van der Waals surface area contributed by atoms with E-state index in [0.717, 1.165) is 25.3 Å². The van der Waals surface area contributed by atoms with Gasteiger partial charge < -0.3 is 15.4 Å². The van der Waals surface area contributed by atoms with Crippen molar-refractivity contribution in [2.45, 2.75) is 24.9 Å². The zero-order chi connectivity index (χ0) is 9.73. The largest absolute Gasteiger partial charge is 0.376 e. The van der Waals surface area contributed by atoms with E-state index in [4.69, 9.17) is 4.74 Å². The van der Waals surface area contributed by atoms with Crippen molar-refractivity contribution in [1.29, 1.82) is 0 Å². The van der Waals surface area contributed by atoms with Crippen LogP contribution in [0.4, 0.5) is 0 Å². The number of aliphatic imine (C=N–C) groups is 1. The quantitative estimate of drug-likeness (QED) is 0.492. The number of nitrogens with zero attached hydrogens (tertiary/aromatic N) is 1. The Kier molecular flexibility index (Phi) is 3.54. The van der Waals surface area contributed by atoms with Gasteiger partial charge in [-0.1, -0.05) is 0 Å². The topological polar surface area (TPSA) is 45.7 Å². The molecule has 0 spiro atoms. The summed E-state index contributed by atoms with van der Waals surface area (Å²) in [6.45, 7) is 0.844. The van der Waals surface area contributed by atoms with Gasteiger partial charge in [0.2, 0.25) is 0 Å². The van der Waals surface area contributed by atoms with E-state index in [2.05, 4.69) is 15.6 Å². The lowest BCUT2D eigenvalue weighted by atomic mass is 9.80. The van der Waals surface area contributed by atoms with Crippen LogP contribution >= 0.6 is 0 Å². The molecule has 4 nitrogen and oxygen atoms in total. The molecule has 1 fully saturated rings. The molecule has 1 aliphatic carbocycles. The molecule has 1 rings (SSSR count). The molecule has 0 aromatic rings. The van der Waals surface area contributed by atoms with Crippen molar-refractivity contribution < 1.29 is 4.74 Å². The molecular weight excluding hydrogens is 166 g/mol. The maximum atomic E-state index is 5.47. The summed E-state index contributed by atoms with van der Waals surface area (Å²) in [6, 6.07) is 0. The minimum Gasteiger partial charge on any atom is -0.376 e. The fourth-order valence-corrected chi connectivity index (χ4v) is 1.55. The Bertz CT molecular complexity index is 182. The number of methoxy groups -OCH3 is 1. The molecule has 0 heterocycles. The fourth-order valence-electron chi connectivity index (χ4n) is 1.55. The van der Waals surface area contributed by atoms with Gasteiger partial charge in [-0.25, -0.2) is 0 Å². The first-order chi connectivity index (χ1) is 6.26. The van der Waals surface area contributed by atoms with E-state index in [1.807, 2.05) is 7.05 Å². The summed E-state index contributed by atoms with van der Waals surface area (Å²) >= 11 is 0. The second-order valence-electron chi connectivity index (χ2n) is 3.42. The highest BCUT2D eigenvalue weighted by molar-refractivity contribution is 5.79. The third kappa shape index (κ3) is 2.34. The molecule has 13 heavy (non-hydrogen) atoms. The molecule has 0 aromatic heterocycles. The molecule has 0 aromatic carbocycles. The summed E-state index contributed by atoms with van der Waals surface area (Å²) in [5, 5.41) is 6.21. The Morgan fingerprint density at radius 3 is 2.54 bits per heavy atom. The van der Waals surface area contributed by atoms with Gasteiger partial charge in [0.25, 0.3) is 0 Å². The SMILES string of the molecule is CN=C(NC)NCC1(OC)CCC1. The number of guanidine groups is 1. The zero-order valence-corrected chi connectivity index (χ0v) is 8.68. The molecule has 1 saturated carbocycles. The van der Waals surface area contributed by atoms with E-state index in [1.54, 1.807) is 14.2 Å². The molecule has 76 valence electrons. The molecule has 0 bridgehead atoms. The van der Waals surface area contributed by atoms with Gasteiger partial charge in [0.1, 0.15) is 0 Å². The van der Waals surface area contributed by atoms with Crippen molar-refractivity contribution >= 4 is 5.96 Å². The van der Waals surface area contributed by atoms with Crippen molar-refractivity contribution in [3.63, 3.8) is 0 Å². The van der Waals surface area contributed by atoms with Gasteiger partial charge >= 0.3 is 0 Å². The minimum atomic E-state index is 0.0623. The van der Waals surface area contributed by atoms with Crippen LogP contribution in [0.2, 0.25) is 0 Å². The molecule has 0 aliphatic heterocycles. The van der Waals surface area contributed by atoms with Gasteiger partial charge in [-0.2, -0.15) is 0 Å². The second-order valence-corrected chi connectivity index (χ2v) is 3.42. The number of rotatable bonds is 3. The molecular formula is C9H19N3O. The predicted octanol–water partition coefficient (Wildman–Crippen LogP) is 0.350. The summed E-state index contributed by atoms with van der Waals surface area (Å²) < 4.78 is 5.47. The molecule has 0 unspecified atom stereocenters. The van der Waals surface area contributed by atoms with Gasteiger partial charge in [0.05, 0.1) is 5.60 Å². The summed E-state index contributed by atoms with van der Waals surface area (Å²) in [4.78, 5) is 4.04. The number of hydrogen-bond donors (Lipinski definition) is 2. The van der Waals surface area contributed by atoms with Crippen molar-refractivity contribution in [3.8, 4) is 0 Å². The van der Waals surface area contributed by atoms with Crippen molar-refractivity contribution in [2.75, 3.05) is 27.7 Å². The lowest BCUT2D eigenvalue weighted by molar-refractivity contribution is -0.0666. The van der Waals surface area contributed by atoms with E-state index in [0.29, 0.717) is 0 Å². The van der Waals surface area contributed by atoms with Gasteiger partial charge in [-0.05, 0) is 19.3 Å². The Morgan fingerprint density at radius 2 is 2.23 bits per heavy atom.